The summed E-state index contributed by atoms with van der Waals surface area (Å²) in [6, 6.07) is 14.3. The van der Waals surface area contributed by atoms with Crippen molar-refractivity contribution >= 4 is 42.4 Å². The van der Waals surface area contributed by atoms with Gasteiger partial charge in [0.15, 0.2) is 15.0 Å². The smallest absolute Gasteiger partial charge is 0.233 e. The van der Waals surface area contributed by atoms with Crippen molar-refractivity contribution in [3.8, 4) is 0 Å². The molecule has 4 aromatic rings. The second kappa shape index (κ2) is 8.99. The van der Waals surface area contributed by atoms with Gasteiger partial charge in [0.1, 0.15) is 0 Å². The van der Waals surface area contributed by atoms with Gasteiger partial charge in [-0.3, -0.25) is 9.69 Å². The first kappa shape index (κ1) is 21.2. The minimum atomic E-state index is -3.27. The molecule has 0 saturated carbocycles. The molecule has 0 unspecified atom stereocenters. The minimum Gasteiger partial charge on any atom is -0.337 e. The highest BCUT2D eigenvalue weighted by Gasteiger charge is 2.20. The van der Waals surface area contributed by atoms with Gasteiger partial charge < -0.3 is 4.57 Å². The first-order chi connectivity index (χ1) is 14.9. The number of aromatic nitrogens is 3. The van der Waals surface area contributed by atoms with Crippen LogP contribution in [0.25, 0.3) is 10.2 Å². The summed E-state index contributed by atoms with van der Waals surface area (Å²) in [6.45, 7) is 1.27. The normalized spacial score (nSPS) is 11.6. The van der Waals surface area contributed by atoms with Crippen molar-refractivity contribution in [3.63, 3.8) is 0 Å². The Labute approximate surface area is 184 Å². The van der Waals surface area contributed by atoms with Gasteiger partial charge in [0.05, 0.1) is 27.9 Å². The van der Waals surface area contributed by atoms with E-state index in [4.69, 9.17) is 0 Å². The van der Waals surface area contributed by atoms with E-state index in [1.54, 1.807) is 41.7 Å². The van der Waals surface area contributed by atoms with Gasteiger partial charge in [-0.2, -0.15) is 0 Å². The van der Waals surface area contributed by atoms with E-state index in [-0.39, 0.29) is 17.2 Å². The van der Waals surface area contributed by atoms with Crippen LogP contribution in [0, 0.1) is 0 Å². The van der Waals surface area contributed by atoms with Crippen molar-refractivity contribution in [1.82, 2.24) is 14.5 Å². The Morgan fingerprint density at radius 3 is 2.58 bits per heavy atom. The first-order valence-electron chi connectivity index (χ1n) is 9.81. The number of rotatable bonds is 8. The van der Waals surface area contributed by atoms with E-state index in [2.05, 4.69) is 9.97 Å². The third-order valence-electron chi connectivity index (χ3n) is 4.88. The number of amides is 1. The number of nitrogens with zero attached hydrogens (tertiary/aromatic N) is 4. The van der Waals surface area contributed by atoms with Crippen molar-refractivity contribution in [1.29, 1.82) is 0 Å². The molecule has 2 aromatic heterocycles. The summed E-state index contributed by atoms with van der Waals surface area (Å²) in [4.78, 5) is 23.9. The molecular formula is C22H22N4O3S2. The SMILES string of the molecule is CS(=O)(=O)c1ccc(CC(=O)N(CCCn2ccnc2)c2nc3ccccc3s2)cc1. The third kappa shape index (κ3) is 5.18. The second-order valence-electron chi connectivity index (χ2n) is 7.26. The lowest BCUT2D eigenvalue weighted by Crippen LogP contribution is -2.33. The fourth-order valence-electron chi connectivity index (χ4n) is 3.26. The monoisotopic (exact) mass is 454 g/mol. The van der Waals surface area contributed by atoms with Crippen LogP contribution in [0.2, 0.25) is 0 Å². The van der Waals surface area contributed by atoms with Crippen molar-refractivity contribution in [2.24, 2.45) is 0 Å². The van der Waals surface area contributed by atoms with E-state index in [1.165, 1.54) is 17.6 Å². The molecule has 9 heteroatoms. The van der Waals surface area contributed by atoms with Crippen LogP contribution in [-0.2, 0) is 27.6 Å². The summed E-state index contributed by atoms with van der Waals surface area (Å²) >= 11 is 1.49. The molecule has 0 saturated heterocycles. The van der Waals surface area contributed by atoms with Crippen molar-refractivity contribution in [3.05, 3.63) is 72.8 Å². The lowest BCUT2D eigenvalue weighted by molar-refractivity contribution is -0.118. The summed E-state index contributed by atoms with van der Waals surface area (Å²) in [5.41, 5.74) is 1.63. The number of hydrogen-bond donors (Lipinski definition) is 0. The van der Waals surface area contributed by atoms with Gasteiger partial charge in [-0.05, 0) is 36.2 Å². The van der Waals surface area contributed by atoms with Crippen LogP contribution in [0.4, 0.5) is 5.13 Å². The number of sulfone groups is 1. The number of carbonyl (C=O) groups is 1. The Bertz CT molecular complexity index is 1250. The average Bonchev–Trinajstić information content (AvgIpc) is 3.40. The molecule has 0 aliphatic carbocycles. The predicted octanol–water partition coefficient (Wildman–Crippen LogP) is 3.56. The number of hydrogen-bond acceptors (Lipinski definition) is 6. The summed E-state index contributed by atoms with van der Waals surface area (Å²) in [7, 11) is -3.27. The van der Waals surface area contributed by atoms with Crippen LogP contribution >= 0.6 is 11.3 Å². The predicted molar refractivity (Wildman–Crippen MR) is 122 cm³/mol. The number of thiazole rings is 1. The maximum absolute atomic E-state index is 13.2. The van der Waals surface area contributed by atoms with Crippen LogP contribution in [0.5, 0.6) is 0 Å². The molecule has 2 aromatic carbocycles. The van der Waals surface area contributed by atoms with E-state index < -0.39 is 9.84 Å². The molecule has 0 radical (unpaired) electrons. The quantitative estimate of drug-likeness (QED) is 0.406. The molecule has 0 fully saturated rings. The largest absolute Gasteiger partial charge is 0.337 e. The van der Waals surface area contributed by atoms with E-state index in [0.29, 0.717) is 11.7 Å². The lowest BCUT2D eigenvalue weighted by atomic mass is 10.1. The van der Waals surface area contributed by atoms with Crippen molar-refractivity contribution in [2.45, 2.75) is 24.3 Å². The van der Waals surface area contributed by atoms with E-state index in [1.807, 2.05) is 35.0 Å². The van der Waals surface area contributed by atoms with Crippen LogP contribution in [0.1, 0.15) is 12.0 Å². The van der Waals surface area contributed by atoms with Gasteiger partial charge in [-0.15, -0.1) is 0 Å². The molecule has 0 spiro atoms. The summed E-state index contributed by atoms with van der Waals surface area (Å²) in [6.07, 6.45) is 7.48. The Morgan fingerprint density at radius 1 is 1.13 bits per heavy atom. The molecule has 0 aliphatic heterocycles. The zero-order valence-corrected chi connectivity index (χ0v) is 18.6. The zero-order chi connectivity index (χ0) is 21.8. The highest BCUT2D eigenvalue weighted by atomic mass is 32.2. The van der Waals surface area contributed by atoms with Crippen molar-refractivity contribution in [2.75, 3.05) is 17.7 Å². The maximum Gasteiger partial charge on any atom is 0.233 e. The standard InChI is InChI=1S/C22H22N4O3S2/c1-31(28,29)18-9-7-17(8-10-18)15-21(27)26(13-4-12-25-14-11-23-16-25)22-24-19-5-2-3-6-20(19)30-22/h2-3,5-11,14,16H,4,12-13,15H2,1H3. The molecule has 2 heterocycles. The van der Waals surface area contributed by atoms with Gasteiger partial charge >= 0.3 is 0 Å². The minimum absolute atomic E-state index is 0.0724. The number of aryl methyl sites for hydroxylation is 1. The highest BCUT2D eigenvalue weighted by Crippen LogP contribution is 2.29. The molecular weight excluding hydrogens is 432 g/mol. The Morgan fingerprint density at radius 2 is 1.90 bits per heavy atom. The molecule has 7 nitrogen and oxygen atoms in total. The first-order valence-corrected chi connectivity index (χ1v) is 12.5. The Balaban J connectivity index is 1.54. The molecule has 31 heavy (non-hydrogen) atoms. The van der Waals surface area contributed by atoms with Crippen molar-refractivity contribution < 1.29 is 13.2 Å². The molecule has 0 atom stereocenters. The Hall–Kier alpha value is -3.04. The van der Waals surface area contributed by atoms with Gasteiger partial charge in [0, 0.05) is 31.7 Å². The maximum atomic E-state index is 13.2. The lowest BCUT2D eigenvalue weighted by Gasteiger charge is -2.20. The number of imidazole rings is 1. The molecule has 4 rings (SSSR count). The summed E-state index contributed by atoms with van der Waals surface area (Å²) in [5.74, 6) is -0.0724. The fraction of sp³-hybridized carbons (Fsp3) is 0.227. The highest BCUT2D eigenvalue weighted by molar-refractivity contribution is 7.90. The van der Waals surface area contributed by atoms with E-state index in [9.17, 15) is 13.2 Å². The van der Waals surface area contributed by atoms with Crippen LogP contribution in [0.3, 0.4) is 0 Å². The van der Waals surface area contributed by atoms with E-state index in [0.717, 1.165) is 28.7 Å². The summed E-state index contributed by atoms with van der Waals surface area (Å²) < 4.78 is 26.4. The van der Waals surface area contributed by atoms with Gasteiger partial charge in [0.25, 0.3) is 0 Å². The number of para-hydroxylation sites is 1. The number of benzene rings is 2. The Kier molecular flexibility index (Phi) is 6.15. The molecule has 1 amide bonds. The van der Waals surface area contributed by atoms with Crippen LogP contribution in [0.15, 0.2) is 72.1 Å². The average molecular weight is 455 g/mol. The number of carbonyl (C=O) groups excluding carboxylic acids is 1. The van der Waals surface area contributed by atoms with Crippen LogP contribution in [-0.4, -0.2) is 41.7 Å². The molecule has 160 valence electrons. The summed E-state index contributed by atoms with van der Waals surface area (Å²) in [5, 5.41) is 0.671. The molecule has 0 aliphatic rings. The third-order valence-corrected chi connectivity index (χ3v) is 7.07. The molecule has 0 N–H and O–H groups in total. The number of anilines is 1. The zero-order valence-electron chi connectivity index (χ0n) is 17.0. The number of fused-ring (bicyclic) bond motifs is 1. The van der Waals surface area contributed by atoms with Gasteiger partial charge in [-0.25, -0.2) is 18.4 Å². The topological polar surface area (TPSA) is 85.2 Å². The van der Waals surface area contributed by atoms with Gasteiger partial charge in [-0.1, -0.05) is 35.6 Å². The van der Waals surface area contributed by atoms with E-state index >= 15 is 0 Å². The fourth-order valence-corrected chi connectivity index (χ4v) is 4.90. The molecule has 0 bridgehead atoms. The second-order valence-corrected chi connectivity index (χ2v) is 10.3. The van der Waals surface area contributed by atoms with Crippen LogP contribution < -0.4 is 4.90 Å². The van der Waals surface area contributed by atoms with Gasteiger partial charge in [0.2, 0.25) is 5.91 Å².